The van der Waals surface area contributed by atoms with Crippen LogP contribution >= 0.6 is 0 Å². The van der Waals surface area contributed by atoms with Crippen molar-refractivity contribution >= 4 is 23.5 Å². The van der Waals surface area contributed by atoms with Gasteiger partial charge in [0, 0.05) is 12.1 Å². The molecule has 0 spiro atoms. The Morgan fingerprint density at radius 3 is 2.24 bits per heavy atom. The number of hydrogen-bond donors (Lipinski definition) is 2. The van der Waals surface area contributed by atoms with Crippen molar-refractivity contribution in [2.45, 2.75) is 25.8 Å². The first kappa shape index (κ1) is 20.2. The standard InChI is InChI=1S/C21H22N2O6/c1-2-27-15-7-9-17(10-8-15)29-16-5-3-14(4-6-16)22-20(25)13-28-21(26)18-11-12-19(24)23-18/h3-10,18H,2,11-13H2,1H3,(H,22,25)(H,23,24)/t18-/m0/s1. The first-order valence-electron chi connectivity index (χ1n) is 9.30. The highest BCUT2D eigenvalue weighted by molar-refractivity contribution is 5.94. The highest BCUT2D eigenvalue weighted by Gasteiger charge is 2.28. The van der Waals surface area contributed by atoms with Crippen LogP contribution in [0.3, 0.4) is 0 Å². The van der Waals surface area contributed by atoms with Crippen LogP contribution < -0.4 is 20.1 Å². The largest absolute Gasteiger partial charge is 0.494 e. The fraction of sp³-hybridized carbons (Fsp3) is 0.286. The zero-order chi connectivity index (χ0) is 20.6. The van der Waals surface area contributed by atoms with E-state index in [2.05, 4.69) is 10.6 Å². The molecule has 152 valence electrons. The third-order valence-corrected chi connectivity index (χ3v) is 4.13. The van der Waals surface area contributed by atoms with Crippen LogP contribution in [0.4, 0.5) is 5.69 Å². The van der Waals surface area contributed by atoms with Crippen molar-refractivity contribution in [2.24, 2.45) is 0 Å². The van der Waals surface area contributed by atoms with Gasteiger partial charge in [-0.3, -0.25) is 9.59 Å². The molecule has 0 aromatic heterocycles. The zero-order valence-electron chi connectivity index (χ0n) is 16.0. The SMILES string of the molecule is CCOc1ccc(Oc2ccc(NC(=O)COC(=O)[C@@H]3CCC(=O)N3)cc2)cc1. The third-order valence-electron chi connectivity index (χ3n) is 4.13. The van der Waals surface area contributed by atoms with E-state index in [1.54, 1.807) is 24.3 Å². The van der Waals surface area contributed by atoms with Gasteiger partial charge in [-0.15, -0.1) is 0 Å². The lowest BCUT2D eigenvalue weighted by atomic mass is 10.2. The Morgan fingerprint density at radius 1 is 1.03 bits per heavy atom. The maximum Gasteiger partial charge on any atom is 0.329 e. The van der Waals surface area contributed by atoms with Gasteiger partial charge in [0.25, 0.3) is 5.91 Å². The lowest BCUT2D eigenvalue weighted by Gasteiger charge is -2.11. The molecule has 8 heteroatoms. The van der Waals surface area contributed by atoms with E-state index in [9.17, 15) is 14.4 Å². The molecule has 3 rings (SSSR count). The number of amides is 2. The number of benzene rings is 2. The van der Waals surface area contributed by atoms with Crippen LogP contribution in [0.1, 0.15) is 19.8 Å². The van der Waals surface area contributed by atoms with E-state index in [4.69, 9.17) is 14.2 Å². The molecule has 2 aromatic rings. The second-order valence-corrected chi connectivity index (χ2v) is 6.35. The summed E-state index contributed by atoms with van der Waals surface area (Å²) >= 11 is 0. The molecular formula is C21H22N2O6. The molecule has 2 N–H and O–H groups in total. The summed E-state index contributed by atoms with van der Waals surface area (Å²) in [6, 6.07) is 13.4. The van der Waals surface area contributed by atoms with Gasteiger partial charge in [0.05, 0.1) is 6.61 Å². The Morgan fingerprint density at radius 2 is 1.66 bits per heavy atom. The molecule has 1 aliphatic heterocycles. The Bertz CT molecular complexity index is 864. The lowest BCUT2D eigenvalue weighted by molar-refractivity contribution is -0.149. The summed E-state index contributed by atoms with van der Waals surface area (Å²) in [5.41, 5.74) is 0.541. The molecule has 0 saturated carbocycles. The number of hydrogen-bond acceptors (Lipinski definition) is 6. The predicted octanol–water partition coefficient (Wildman–Crippen LogP) is 2.64. The first-order valence-corrected chi connectivity index (χ1v) is 9.30. The minimum absolute atomic E-state index is 0.191. The molecule has 2 aromatic carbocycles. The summed E-state index contributed by atoms with van der Waals surface area (Å²) in [6.45, 7) is 2.10. The van der Waals surface area contributed by atoms with E-state index < -0.39 is 24.5 Å². The molecule has 1 saturated heterocycles. The van der Waals surface area contributed by atoms with Crippen LogP contribution in [0, 0.1) is 0 Å². The summed E-state index contributed by atoms with van der Waals surface area (Å²) in [6.07, 6.45) is 0.673. The molecule has 2 amide bonds. The minimum atomic E-state index is -0.672. The van der Waals surface area contributed by atoms with Crippen LogP contribution in [0.15, 0.2) is 48.5 Å². The van der Waals surface area contributed by atoms with Crippen molar-refractivity contribution in [3.63, 3.8) is 0 Å². The smallest absolute Gasteiger partial charge is 0.329 e. The van der Waals surface area contributed by atoms with Gasteiger partial charge in [-0.25, -0.2) is 4.79 Å². The zero-order valence-corrected chi connectivity index (χ0v) is 16.0. The summed E-state index contributed by atoms with van der Waals surface area (Å²) in [5.74, 6) is 0.776. The van der Waals surface area contributed by atoms with Crippen LogP contribution in [0.25, 0.3) is 0 Å². The topological polar surface area (TPSA) is 103 Å². The summed E-state index contributed by atoms with van der Waals surface area (Å²) in [4.78, 5) is 34.8. The normalized spacial score (nSPS) is 15.3. The average Bonchev–Trinajstić information content (AvgIpc) is 3.16. The Labute approximate surface area is 168 Å². The molecule has 0 unspecified atom stereocenters. The van der Waals surface area contributed by atoms with Gasteiger partial charge in [0.1, 0.15) is 23.3 Å². The molecule has 1 aliphatic rings. The third kappa shape index (κ3) is 5.97. The lowest BCUT2D eigenvalue weighted by Crippen LogP contribution is -2.36. The van der Waals surface area contributed by atoms with Gasteiger partial charge in [-0.1, -0.05) is 0 Å². The van der Waals surface area contributed by atoms with E-state index in [1.807, 2.05) is 31.2 Å². The van der Waals surface area contributed by atoms with Crippen molar-refractivity contribution < 1.29 is 28.6 Å². The first-order chi connectivity index (χ1) is 14.0. The summed E-state index contributed by atoms with van der Waals surface area (Å²) < 4.78 is 16.1. The van der Waals surface area contributed by atoms with Crippen LogP contribution in [-0.4, -0.2) is 37.0 Å². The van der Waals surface area contributed by atoms with Crippen LogP contribution in [0.5, 0.6) is 17.2 Å². The van der Waals surface area contributed by atoms with E-state index in [0.29, 0.717) is 30.2 Å². The molecular weight excluding hydrogens is 376 g/mol. The number of ether oxygens (including phenoxy) is 3. The fourth-order valence-corrected chi connectivity index (χ4v) is 2.74. The van der Waals surface area contributed by atoms with Crippen LogP contribution in [0.2, 0.25) is 0 Å². The van der Waals surface area contributed by atoms with Gasteiger partial charge in [0.15, 0.2) is 6.61 Å². The number of esters is 1. The molecule has 0 bridgehead atoms. The highest BCUT2D eigenvalue weighted by Crippen LogP contribution is 2.25. The van der Waals surface area contributed by atoms with Crippen LogP contribution in [-0.2, 0) is 19.1 Å². The van der Waals surface area contributed by atoms with Crippen molar-refractivity contribution in [3.05, 3.63) is 48.5 Å². The second kappa shape index (κ2) is 9.59. The van der Waals surface area contributed by atoms with Crippen molar-refractivity contribution in [1.29, 1.82) is 0 Å². The number of carbonyl (C=O) groups excluding carboxylic acids is 3. The van der Waals surface area contributed by atoms with Gasteiger partial charge in [0.2, 0.25) is 5.91 Å². The minimum Gasteiger partial charge on any atom is -0.494 e. The van der Waals surface area contributed by atoms with Gasteiger partial charge in [-0.2, -0.15) is 0 Å². The number of rotatable bonds is 8. The monoisotopic (exact) mass is 398 g/mol. The quantitative estimate of drug-likeness (QED) is 0.663. The fourth-order valence-electron chi connectivity index (χ4n) is 2.74. The predicted molar refractivity (Wildman–Crippen MR) is 105 cm³/mol. The maximum absolute atomic E-state index is 11.9. The van der Waals surface area contributed by atoms with Gasteiger partial charge in [-0.05, 0) is 61.9 Å². The van der Waals surface area contributed by atoms with Crippen molar-refractivity contribution in [1.82, 2.24) is 5.32 Å². The number of anilines is 1. The van der Waals surface area contributed by atoms with E-state index in [0.717, 1.165) is 5.75 Å². The Hall–Kier alpha value is -3.55. The molecule has 0 aliphatic carbocycles. The molecule has 1 fully saturated rings. The van der Waals surface area contributed by atoms with E-state index in [1.165, 1.54) is 0 Å². The van der Waals surface area contributed by atoms with Crippen molar-refractivity contribution in [3.8, 4) is 17.2 Å². The summed E-state index contributed by atoms with van der Waals surface area (Å²) in [7, 11) is 0. The Kier molecular flexibility index (Phi) is 6.67. The van der Waals surface area contributed by atoms with Crippen molar-refractivity contribution in [2.75, 3.05) is 18.5 Å². The average molecular weight is 398 g/mol. The molecule has 1 heterocycles. The number of nitrogens with one attached hydrogen (secondary N) is 2. The van der Waals surface area contributed by atoms with E-state index >= 15 is 0 Å². The number of carbonyl (C=O) groups is 3. The second-order valence-electron chi connectivity index (χ2n) is 6.35. The highest BCUT2D eigenvalue weighted by atomic mass is 16.5. The van der Waals surface area contributed by atoms with Gasteiger partial charge < -0.3 is 24.8 Å². The molecule has 8 nitrogen and oxygen atoms in total. The van der Waals surface area contributed by atoms with Gasteiger partial charge >= 0.3 is 5.97 Å². The molecule has 0 radical (unpaired) electrons. The molecule has 29 heavy (non-hydrogen) atoms. The van der Waals surface area contributed by atoms with E-state index in [-0.39, 0.29) is 12.3 Å². The maximum atomic E-state index is 11.9. The summed E-state index contributed by atoms with van der Waals surface area (Å²) in [5, 5.41) is 5.13. The molecule has 1 atom stereocenters. The Balaban J connectivity index is 1.45.